The van der Waals surface area contributed by atoms with E-state index in [0.717, 1.165) is 38.3 Å². The topological polar surface area (TPSA) is 21.3 Å². The normalized spacial score (nSPS) is 26.5. The highest BCUT2D eigenvalue weighted by Gasteiger charge is 2.30. The molecule has 2 rings (SSSR count). The fraction of sp³-hybridized carbons (Fsp3) is 0.625. The number of halogens is 2. The lowest BCUT2D eigenvalue weighted by molar-refractivity contribution is 0.0869. The minimum Gasteiger partial charge on any atom is -0.486 e. The van der Waals surface area contributed by atoms with Gasteiger partial charge in [-0.05, 0) is 50.3 Å². The third-order valence-electron chi connectivity index (χ3n) is 3.88. The molecule has 0 saturated heterocycles. The lowest BCUT2D eigenvalue weighted by Crippen LogP contribution is -2.47. The van der Waals surface area contributed by atoms with Crippen LogP contribution in [0.4, 0.5) is 8.78 Å². The van der Waals surface area contributed by atoms with Gasteiger partial charge in [0.05, 0.1) is 0 Å². The average molecular weight is 283 g/mol. The molecule has 3 unspecified atom stereocenters. The highest BCUT2D eigenvalue weighted by Crippen LogP contribution is 2.29. The fourth-order valence-electron chi connectivity index (χ4n) is 2.76. The molecule has 1 saturated carbocycles. The smallest absolute Gasteiger partial charge is 0.167 e. The van der Waals surface area contributed by atoms with Gasteiger partial charge in [-0.1, -0.05) is 13.8 Å². The molecule has 0 aliphatic heterocycles. The van der Waals surface area contributed by atoms with Crippen LogP contribution in [0.5, 0.6) is 5.75 Å². The van der Waals surface area contributed by atoms with Crippen molar-refractivity contribution in [1.29, 1.82) is 0 Å². The molecule has 4 heteroatoms. The zero-order valence-corrected chi connectivity index (χ0v) is 12.2. The van der Waals surface area contributed by atoms with E-state index in [9.17, 15) is 8.78 Å². The summed E-state index contributed by atoms with van der Waals surface area (Å²) in [6.45, 7) is 5.24. The molecule has 1 fully saturated rings. The molecule has 1 aromatic carbocycles. The first-order chi connectivity index (χ1) is 9.60. The third kappa shape index (κ3) is 3.92. The van der Waals surface area contributed by atoms with Crippen LogP contribution < -0.4 is 10.1 Å². The lowest BCUT2D eigenvalue weighted by atomic mass is 9.85. The molecule has 1 aliphatic rings. The van der Waals surface area contributed by atoms with Gasteiger partial charge in [0.15, 0.2) is 11.6 Å². The van der Waals surface area contributed by atoms with Gasteiger partial charge in [-0.2, -0.15) is 0 Å². The predicted octanol–water partition coefficient (Wildman–Crippen LogP) is 3.90. The van der Waals surface area contributed by atoms with Crippen LogP contribution in [0, 0.1) is 17.6 Å². The van der Waals surface area contributed by atoms with E-state index >= 15 is 0 Å². The Morgan fingerprint density at radius 3 is 2.80 bits per heavy atom. The monoisotopic (exact) mass is 283 g/mol. The minimum atomic E-state index is -0.627. The van der Waals surface area contributed by atoms with Gasteiger partial charge in [-0.3, -0.25) is 0 Å². The van der Waals surface area contributed by atoms with Gasteiger partial charge < -0.3 is 10.1 Å². The van der Waals surface area contributed by atoms with E-state index in [0.29, 0.717) is 5.92 Å². The zero-order valence-electron chi connectivity index (χ0n) is 12.2. The molecule has 112 valence electrons. The molecule has 0 heterocycles. The Bertz CT molecular complexity index is 436. The van der Waals surface area contributed by atoms with Crippen molar-refractivity contribution in [3.63, 3.8) is 0 Å². The van der Waals surface area contributed by atoms with Crippen molar-refractivity contribution in [2.45, 2.75) is 51.7 Å². The number of ether oxygens (including phenoxy) is 1. The van der Waals surface area contributed by atoms with Crippen molar-refractivity contribution >= 4 is 0 Å². The van der Waals surface area contributed by atoms with Gasteiger partial charge in [0.2, 0.25) is 0 Å². The van der Waals surface area contributed by atoms with Crippen molar-refractivity contribution in [1.82, 2.24) is 5.32 Å². The minimum absolute atomic E-state index is 0.0507. The van der Waals surface area contributed by atoms with Crippen molar-refractivity contribution in [3.8, 4) is 5.75 Å². The first-order valence-corrected chi connectivity index (χ1v) is 7.45. The van der Waals surface area contributed by atoms with Crippen LogP contribution in [0.25, 0.3) is 0 Å². The van der Waals surface area contributed by atoms with Crippen molar-refractivity contribution in [2.75, 3.05) is 6.54 Å². The number of hydrogen-bond acceptors (Lipinski definition) is 2. The number of benzene rings is 1. The van der Waals surface area contributed by atoms with Crippen LogP contribution in [-0.4, -0.2) is 18.7 Å². The molecule has 1 aliphatic carbocycles. The molecule has 3 atom stereocenters. The first kappa shape index (κ1) is 15.2. The fourth-order valence-corrected chi connectivity index (χ4v) is 2.76. The maximum atomic E-state index is 13.7. The molecule has 0 amide bonds. The van der Waals surface area contributed by atoms with E-state index in [1.165, 1.54) is 12.1 Å². The third-order valence-corrected chi connectivity index (χ3v) is 3.88. The summed E-state index contributed by atoms with van der Waals surface area (Å²) in [5.74, 6) is -0.484. The Balaban J connectivity index is 2.06. The SMILES string of the molecule is CCCNC1CCC(C)CC1Oc1ccc(F)cc1F. The van der Waals surface area contributed by atoms with Gasteiger partial charge in [-0.15, -0.1) is 0 Å². The van der Waals surface area contributed by atoms with E-state index in [2.05, 4.69) is 19.2 Å². The Labute approximate surface area is 119 Å². The largest absolute Gasteiger partial charge is 0.486 e. The lowest BCUT2D eigenvalue weighted by Gasteiger charge is -2.35. The van der Waals surface area contributed by atoms with Crippen LogP contribution in [0.2, 0.25) is 0 Å². The maximum absolute atomic E-state index is 13.7. The second-order valence-electron chi connectivity index (χ2n) is 5.71. The Kier molecular flexibility index (Phi) is 5.35. The van der Waals surface area contributed by atoms with Crippen LogP contribution >= 0.6 is 0 Å². The van der Waals surface area contributed by atoms with Crippen LogP contribution in [0.15, 0.2) is 18.2 Å². The molecule has 0 radical (unpaired) electrons. The summed E-state index contributed by atoms with van der Waals surface area (Å²) in [4.78, 5) is 0. The van der Waals surface area contributed by atoms with Gasteiger partial charge in [0.25, 0.3) is 0 Å². The predicted molar refractivity (Wildman–Crippen MR) is 75.9 cm³/mol. The number of hydrogen-bond donors (Lipinski definition) is 1. The second kappa shape index (κ2) is 7.02. The van der Waals surface area contributed by atoms with E-state index in [1.807, 2.05) is 0 Å². The van der Waals surface area contributed by atoms with Gasteiger partial charge in [-0.25, -0.2) is 8.78 Å². The molecular weight excluding hydrogens is 260 g/mol. The van der Waals surface area contributed by atoms with Crippen molar-refractivity contribution < 1.29 is 13.5 Å². The summed E-state index contributed by atoms with van der Waals surface area (Å²) >= 11 is 0. The first-order valence-electron chi connectivity index (χ1n) is 7.45. The van der Waals surface area contributed by atoms with Gasteiger partial charge >= 0.3 is 0 Å². The van der Waals surface area contributed by atoms with E-state index in [1.54, 1.807) is 0 Å². The maximum Gasteiger partial charge on any atom is 0.167 e. The summed E-state index contributed by atoms with van der Waals surface area (Å²) in [5, 5.41) is 3.47. The molecular formula is C16H23F2NO. The highest BCUT2D eigenvalue weighted by atomic mass is 19.1. The standard InChI is InChI=1S/C16H23F2NO/c1-3-8-19-14-6-4-11(2)9-16(14)20-15-7-5-12(17)10-13(15)18/h5,7,10-11,14,16,19H,3-4,6,8-9H2,1-2H3. The van der Waals surface area contributed by atoms with Gasteiger partial charge in [0, 0.05) is 12.1 Å². The molecule has 2 nitrogen and oxygen atoms in total. The molecule has 0 aromatic heterocycles. The van der Waals surface area contributed by atoms with Crippen molar-refractivity contribution in [3.05, 3.63) is 29.8 Å². The van der Waals surface area contributed by atoms with Crippen LogP contribution in [-0.2, 0) is 0 Å². The van der Waals surface area contributed by atoms with Crippen LogP contribution in [0.1, 0.15) is 39.5 Å². The van der Waals surface area contributed by atoms with E-state index < -0.39 is 11.6 Å². The quantitative estimate of drug-likeness (QED) is 0.885. The van der Waals surface area contributed by atoms with E-state index in [4.69, 9.17) is 4.74 Å². The molecule has 1 aromatic rings. The number of nitrogens with one attached hydrogen (secondary N) is 1. The molecule has 0 spiro atoms. The number of rotatable bonds is 5. The Morgan fingerprint density at radius 1 is 1.30 bits per heavy atom. The summed E-state index contributed by atoms with van der Waals surface area (Å²) in [5.41, 5.74) is 0. The second-order valence-corrected chi connectivity index (χ2v) is 5.71. The highest BCUT2D eigenvalue weighted by molar-refractivity contribution is 5.25. The van der Waals surface area contributed by atoms with Crippen molar-refractivity contribution in [2.24, 2.45) is 5.92 Å². The molecule has 1 N–H and O–H groups in total. The van der Waals surface area contributed by atoms with E-state index in [-0.39, 0.29) is 17.9 Å². The average Bonchev–Trinajstić information content (AvgIpc) is 2.41. The summed E-state index contributed by atoms with van der Waals surface area (Å²) in [7, 11) is 0. The Morgan fingerprint density at radius 2 is 2.10 bits per heavy atom. The summed E-state index contributed by atoms with van der Waals surface area (Å²) < 4.78 is 32.4. The van der Waals surface area contributed by atoms with Gasteiger partial charge in [0.1, 0.15) is 11.9 Å². The molecule has 0 bridgehead atoms. The molecule has 20 heavy (non-hydrogen) atoms. The summed E-state index contributed by atoms with van der Waals surface area (Å²) in [6, 6.07) is 3.73. The zero-order chi connectivity index (χ0) is 14.5. The Hall–Kier alpha value is -1.16. The van der Waals surface area contributed by atoms with Crippen LogP contribution in [0.3, 0.4) is 0 Å². The summed E-state index contributed by atoms with van der Waals surface area (Å²) in [6.07, 6.45) is 4.11.